The number of hydrogen-bond acceptors (Lipinski definition) is 3. The zero-order chi connectivity index (χ0) is 14.4. The van der Waals surface area contributed by atoms with E-state index in [4.69, 9.17) is 5.73 Å². The average Bonchev–Trinajstić information content (AvgIpc) is 2.37. The molecule has 0 fully saturated rings. The Morgan fingerprint density at radius 2 is 1.74 bits per heavy atom. The van der Waals surface area contributed by atoms with E-state index in [0.717, 1.165) is 0 Å². The van der Waals surface area contributed by atoms with Crippen molar-refractivity contribution in [1.29, 1.82) is 0 Å². The van der Waals surface area contributed by atoms with E-state index in [0.29, 0.717) is 11.4 Å². The summed E-state index contributed by atoms with van der Waals surface area (Å²) >= 11 is 0. The number of rotatable bonds is 4. The third kappa shape index (κ3) is 4.59. The molecule has 0 saturated heterocycles. The summed E-state index contributed by atoms with van der Waals surface area (Å²) in [6.45, 7) is 3.56. The Bertz CT molecular complexity index is 460. The molecule has 3 amide bonds. The van der Waals surface area contributed by atoms with Crippen LogP contribution in [0, 0.1) is 5.92 Å². The molecule has 0 aliphatic heterocycles. The van der Waals surface area contributed by atoms with Crippen LogP contribution in [0.25, 0.3) is 0 Å². The number of benzene rings is 1. The Morgan fingerprint density at radius 1 is 1.16 bits per heavy atom. The lowest BCUT2D eigenvalue weighted by Gasteiger charge is -2.15. The summed E-state index contributed by atoms with van der Waals surface area (Å²) in [5.74, 6) is -0.428. The number of nitrogens with one attached hydrogen (secondary N) is 3. The van der Waals surface area contributed by atoms with E-state index < -0.39 is 0 Å². The van der Waals surface area contributed by atoms with E-state index in [2.05, 4.69) is 16.0 Å². The highest BCUT2D eigenvalue weighted by atomic mass is 16.2. The SMILES string of the molecule is CNC(=O)Nc1cccc(NC(=O)C(C)C(C)N)c1. The van der Waals surface area contributed by atoms with E-state index in [-0.39, 0.29) is 23.9 Å². The number of urea groups is 1. The van der Waals surface area contributed by atoms with Gasteiger partial charge in [0.2, 0.25) is 5.91 Å². The van der Waals surface area contributed by atoms with Gasteiger partial charge in [-0.3, -0.25) is 4.79 Å². The first-order valence-corrected chi connectivity index (χ1v) is 6.09. The number of carbonyl (C=O) groups is 2. The molecule has 104 valence electrons. The molecular formula is C13H20N4O2. The summed E-state index contributed by atoms with van der Waals surface area (Å²) in [6.07, 6.45) is 0. The van der Waals surface area contributed by atoms with Gasteiger partial charge in [-0.25, -0.2) is 4.79 Å². The van der Waals surface area contributed by atoms with Gasteiger partial charge in [0, 0.05) is 24.5 Å². The molecule has 6 nitrogen and oxygen atoms in total. The lowest BCUT2D eigenvalue weighted by Crippen LogP contribution is -2.34. The van der Waals surface area contributed by atoms with E-state index in [1.165, 1.54) is 7.05 Å². The van der Waals surface area contributed by atoms with Gasteiger partial charge in [-0.15, -0.1) is 0 Å². The number of hydrogen-bond donors (Lipinski definition) is 4. The fourth-order valence-corrected chi connectivity index (χ4v) is 1.36. The Morgan fingerprint density at radius 3 is 2.26 bits per heavy atom. The third-order valence-electron chi connectivity index (χ3n) is 2.82. The van der Waals surface area contributed by atoms with Crippen LogP contribution >= 0.6 is 0 Å². The van der Waals surface area contributed by atoms with Crippen molar-refractivity contribution < 1.29 is 9.59 Å². The molecular weight excluding hydrogens is 244 g/mol. The van der Waals surface area contributed by atoms with Crippen LogP contribution in [0.3, 0.4) is 0 Å². The smallest absolute Gasteiger partial charge is 0.318 e. The molecule has 2 atom stereocenters. The van der Waals surface area contributed by atoms with E-state index >= 15 is 0 Å². The lowest BCUT2D eigenvalue weighted by atomic mass is 10.0. The second-order valence-corrected chi connectivity index (χ2v) is 4.42. The van der Waals surface area contributed by atoms with Gasteiger partial charge < -0.3 is 21.7 Å². The molecule has 6 heteroatoms. The lowest BCUT2D eigenvalue weighted by molar-refractivity contribution is -0.119. The van der Waals surface area contributed by atoms with Crippen LogP contribution in [-0.2, 0) is 4.79 Å². The van der Waals surface area contributed by atoms with Crippen LogP contribution in [0.15, 0.2) is 24.3 Å². The van der Waals surface area contributed by atoms with Gasteiger partial charge in [0.05, 0.1) is 5.92 Å². The van der Waals surface area contributed by atoms with Crippen LogP contribution in [0.5, 0.6) is 0 Å². The highest BCUT2D eigenvalue weighted by molar-refractivity contribution is 5.94. The maximum absolute atomic E-state index is 11.9. The summed E-state index contributed by atoms with van der Waals surface area (Å²) in [7, 11) is 1.53. The molecule has 0 spiro atoms. The van der Waals surface area contributed by atoms with Crippen LogP contribution < -0.4 is 21.7 Å². The van der Waals surface area contributed by atoms with Crippen LogP contribution in [0.4, 0.5) is 16.2 Å². The second kappa shape index (κ2) is 6.75. The van der Waals surface area contributed by atoms with Crippen molar-refractivity contribution >= 4 is 23.3 Å². The summed E-state index contributed by atoms with van der Waals surface area (Å²) in [6, 6.07) is 6.39. The minimum atomic E-state index is -0.313. The molecule has 1 aromatic carbocycles. The molecule has 0 aliphatic rings. The number of amides is 3. The van der Waals surface area contributed by atoms with Gasteiger partial charge in [-0.05, 0) is 25.1 Å². The monoisotopic (exact) mass is 264 g/mol. The van der Waals surface area contributed by atoms with Crippen molar-refractivity contribution in [2.24, 2.45) is 11.7 Å². The number of carbonyl (C=O) groups excluding carboxylic acids is 2. The Labute approximate surface area is 112 Å². The molecule has 1 rings (SSSR count). The minimum Gasteiger partial charge on any atom is -0.341 e. The Hall–Kier alpha value is -2.08. The zero-order valence-electron chi connectivity index (χ0n) is 11.4. The van der Waals surface area contributed by atoms with Crippen molar-refractivity contribution in [2.45, 2.75) is 19.9 Å². The largest absolute Gasteiger partial charge is 0.341 e. The Balaban J connectivity index is 2.72. The first kappa shape index (κ1) is 15.0. The first-order valence-electron chi connectivity index (χ1n) is 6.09. The van der Waals surface area contributed by atoms with Crippen LogP contribution in [0.1, 0.15) is 13.8 Å². The average molecular weight is 264 g/mol. The maximum Gasteiger partial charge on any atom is 0.318 e. The summed E-state index contributed by atoms with van der Waals surface area (Å²) in [5, 5.41) is 7.85. The maximum atomic E-state index is 11.9. The summed E-state index contributed by atoms with van der Waals surface area (Å²) < 4.78 is 0. The highest BCUT2D eigenvalue weighted by Gasteiger charge is 2.17. The van der Waals surface area contributed by atoms with Crippen molar-refractivity contribution in [3.8, 4) is 0 Å². The highest BCUT2D eigenvalue weighted by Crippen LogP contribution is 2.16. The van der Waals surface area contributed by atoms with Gasteiger partial charge in [-0.2, -0.15) is 0 Å². The van der Waals surface area contributed by atoms with Crippen molar-refractivity contribution in [1.82, 2.24) is 5.32 Å². The normalized spacial score (nSPS) is 13.3. The van der Waals surface area contributed by atoms with E-state index in [1.807, 2.05) is 0 Å². The minimum absolute atomic E-state index is 0.146. The second-order valence-electron chi connectivity index (χ2n) is 4.42. The van der Waals surface area contributed by atoms with Crippen LogP contribution in [0.2, 0.25) is 0 Å². The Kier molecular flexibility index (Phi) is 5.32. The van der Waals surface area contributed by atoms with Crippen molar-refractivity contribution in [3.05, 3.63) is 24.3 Å². The summed E-state index contributed by atoms with van der Waals surface area (Å²) in [5.41, 5.74) is 6.90. The topological polar surface area (TPSA) is 96.2 Å². The predicted octanol–water partition coefficient (Wildman–Crippen LogP) is 1.36. The summed E-state index contributed by atoms with van der Waals surface area (Å²) in [4.78, 5) is 23.0. The van der Waals surface area contributed by atoms with E-state index in [9.17, 15) is 9.59 Å². The molecule has 0 heterocycles. The molecule has 19 heavy (non-hydrogen) atoms. The first-order chi connectivity index (χ1) is 8.93. The number of anilines is 2. The zero-order valence-corrected chi connectivity index (χ0v) is 11.4. The molecule has 5 N–H and O–H groups in total. The van der Waals surface area contributed by atoms with Crippen LogP contribution in [-0.4, -0.2) is 25.0 Å². The van der Waals surface area contributed by atoms with Crippen molar-refractivity contribution in [3.63, 3.8) is 0 Å². The molecule has 0 aromatic heterocycles. The third-order valence-corrected chi connectivity index (χ3v) is 2.82. The fraction of sp³-hybridized carbons (Fsp3) is 0.385. The molecule has 0 aliphatic carbocycles. The fourth-order valence-electron chi connectivity index (χ4n) is 1.36. The quantitative estimate of drug-likeness (QED) is 0.661. The van der Waals surface area contributed by atoms with Crippen molar-refractivity contribution in [2.75, 3.05) is 17.7 Å². The van der Waals surface area contributed by atoms with Gasteiger partial charge >= 0.3 is 6.03 Å². The number of nitrogens with two attached hydrogens (primary N) is 1. The molecule has 1 aromatic rings. The molecule has 0 saturated carbocycles. The molecule has 0 radical (unpaired) electrons. The van der Waals surface area contributed by atoms with Gasteiger partial charge in [0.1, 0.15) is 0 Å². The standard InChI is InChI=1S/C13H20N4O2/c1-8(9(2)14)12(18)16-10-5-4-6-11(7-10)17-13(19)15-3/h4-9H,14H2,1-3H3,(H,16,18)(H2,15,17,19). The van der Waals surface area contributed by atoms with E-state index in [1.54, 1.807) is 38.1 Å². The molecule has 0 bridgehead atoms. The van der Waals surface area contributed by atoms with Gasteiger partial charge in [-0.1, -0.05) is 13.0 Å². The molecule has 2 unspecified atom stereocenters. The predicted molar refractivity (Wildman–Crippen MR) is 76.0 cm³/mol. The van der Waals surface area contributed by atoms with Gasteiger partial charge in [0.15, 0.2) is 0 Å². The van der Waals surface area contributed by atoms with Gasteiger partial charge in [0.25, 0.3) is 0 Å².